The fraction of sp³-hybridized carbons (Fsp3) is 0.733. The van der Waals surface area contributed by atoms with Gasteiger partial charge in [0.15, 0.2) is 0 Å². The Kier molecular flexibility index (Phi) is 3.86. The van der Waals surface area contributed by atoms with Crippen LogP contribution in [0, 0.1) is 11.8 Å². The Labute approximate surface area is 99.8 Å². The average molecular weight is 219 g/mol. The Morgan fingerprint density at radius 2 is 2.12 bits per heavy atom. The summed E-state index contributed by atoms with van der Waals surface area (Å²) in [7, 11) is 0. The maximum Gasteiger partial charge on any atom is 0.0293 e. The molecule has 16 heavy (non-hydrogen) atoms. The van der Waals surface area contributed by atoms with Crippen molar-refractivity contribution in [2.24, 2.45) is 17.6 Å². The number of hydrogen-bond donors (Lipinski definition) is 1. The Morgan fingerprint density at radius 3 is 2.75 bits per heavy atom. The van der Waals surface area contributed by atoms with Crippen LogP contribution in [0.15, 0.2) is 23.8 Å². The molecule has 0 bridgehead atoms. The van der Waals surface area contributed by atoms with Crippen LogP contribution in [0.2, 0.25) is 0 Å². The van der Waals surface area contributed by atoms with Gasteiger partial charge in [-0.15, -0.1) is 6.58 Å². The van der Waals surface area contributed by atoms with Gasteiger partial charge in [-0.1, -0.05) is 17.2 Å². The van der Waals surface area contributed by atoms with Gasteiger partial charge in [-0.05, 0) is 63.7 Å². The molecule has 1 heteroatoms. The first-order valence-corrected chi connectivity index (χ1v) is 6.77. The average Bonchev–Trinajstić information content (AvgIpc) is 2.97. The van der Waals surface area contributed by atoms with E-state index in [0.717, 1.165) is 18.3 Å². The molecule has 90 valence electrons. The summed E-state index contributed by atoms with van der Waals surface area (Å²) < 4.78 is 0. The van der Waals surface area contributed by atoms with Gasteiger partial charge in [0, 0.05) is 6.04 Å². The lowest BCUT2D eigenvalue weighted by Gasteiger charge is -2.29. The van der Waals surface area contributed by atoms with E-state index >= 15 is 0 Å². The summed E-state index contributed by atoms with van der Waals surface area (Å²) in [6.07, 6.45) is 11.3. The van der Waals surface area contributed by atoms with Crippen LogP contribution in [0.3, 0.4) is 0 Å². The molecule has 3 atom stereocenters. The lowest BCUT2D eigenvalue weighted by molar-refractivity contribution is 0.550. The molecule has 1 saturated carbocycles. The lowest BCUT2D eigenvalue weighted by Crippen LogP contribution is -2.32. The Morgan fingerprint density at radius 1 is 1.38 bits per heavy atom. The van der Waals surface area contributed by atoms with Crippen LogP contribution in [0.25, 0.3) is 0 Å². The van der Waals surface area contributed by atoms with Gasteiger partial charge >= 0.3 is 0 Å². The molecular weight excluding hydrogens is 194 g/mol. The maximum absolute atomic E-state index is 5.98. The van der Waals surface area contributed by atoms with E-state index in [1.54, 1.807) is 11.1 Å². The number of nitrogens with two attached hydrogens (primary N) is 1. The highest BCUT2D eigenvalue weighted by molar-refractivity contribution is 5.30. The van der Waals surface area contributed by atoms with Crippen LogP contribution in [-0.4, -0.2) is 6.04 Å². The minimum Gasteiger partial charge on any atom is -0.324 e. The topological polar surface area (TPSA) is 26.0 Å². The van der Waals surface area contributed by atoms with Crippen molar-refractivity contribution in [2.75, 3.05) is 0 Å². The molecule has 0 aromatic carbocycles. The van der Waals surface area contributed by atoms with E-state index in [-0.39, 0.29) is 0 Å². The Balaban J connectivity index is 1.59. The molecule has 0 radical (unpaired) electrons. The van der Waals surface area contributed by atoms with Crippen LogP contribution in [-0.2, 0) is 0 Å². The van der Waals surface area contributed by atoms with Crippen LogP contribution < -0.4 is 5.73 Å². The normalized spacial score (nSPS) is 32.5. The highest BCUT2D eigenvalue weighted by Crippen LogP contribution is 2.47. The Hall–Kier alpha value is -0.560. The van der Waals surface area contributed by atoms with Gasteiger partial charge in [0.25, 0.3) is 0 Å². The van der Waals surface area contributed by atoms with Crippen molar-refractivity contribution in [3.8, 4) is 0 Å². The summed E-state index contributed by atoms with van der Waals surface area (Å²) in [5.74, 6) is 2.04. The SMILES string of the molecule is C=CCCCC1CC1CCC1=C(C)CC1N. The quantitative estimate of drug-likeness (QED) is 0.511. The van der Waals surface area contributed by atoms with Gasteiger partial charge in [0.05, 0.1) is 0 Å². The molecule has 0 aromatic rings. The summed E-state index contributed by atoms with van der Waals surface area (Å²) >= 11 is 0. The van der Waals surface area contributed by atoms with Gasteiger partial charge in [0.2, 0.25) is 0 Å². The molecule has 2 aliphatic rings. The molecule has 2 aliphatic carbocycles. The molecular formula is C15H25N. The molecule has 0 heterocycles. The minimum absolute atomic E-state index is 0.401. The van der Waals surface area contributed by atoms with Crippen molar-refractivity contribution in [3.05, 3.63) is 23.8 Å². The van der Waals surface area contributed by atoms with E-state index in [1.807, 2.05) is 6.08 Å². The van der Waals surface area contributed by atoms with E-state index in [1.165, 1.54) is 38.5 Å². The predicted molar refractivity (Wildman–Crippen MR) is 70.2 cm³/mol. The number of allylic oxidation sites excluding steroid dienone is 1. The second-order valence-electron chi connectivity index (χ2n) is 5.63. The first-order valence-electron chi connectivity index (χ1n) is 6.77. The monoisotopic (exact) mass is 219 g/mol. The van der Waals surface area contributed by atoms with E-state index in [4.69, 9.17) is 5.73 Å². The molecule has 3 unspecified atom stereocenters. The van der Waals surface area contributed by atoms with Crippen molar-refractivity contribution in [2.45, 2.75) is 57.9 Å². The number of unbranched alkanes of at least 4 members (excludes halogenated alkanes) is 1. The molecule has 0 aromatic heterocycles. The molecule has 1 nitrogen and oxygen atoms in total. The van der Waals surface area contributed by atoms with Gasteiger partial charge in [0.1, 0.15) is 0 Å². The second kappa shape index (κ2) is 5.18. The van der Waals surface area contributed by atoms with Crippen molar-refractivity contribution in [1.82, 2.24) is 0 Å². The standard InChI is InChI=1S/C15H25N/c1-3-4-5-6-12-10-13(12)7-8-14-11(2)9-15(14)16/h3,12-13,15H,1,4-10,16H2,2H3. The van der Waals surface area contributed by atoms with Crippen molar-refractivity contribution < 1.29 is 0 Å². The molecule has 2 N–H and O–H groups in total. The molecule has 2 rings (SSSR count). The third-order valence-electron chi connectivity index (χ3n) is 4.36. The fourth-order valence-electron chi connectivity index (χ4n) is 3.05. The van der Waals surface area contributed by atoms with Crippen LogP contribution in [0.4, 0.5) is 0 Å². The largest absolute Gasteiger partial charge is 0.324 e. The maximum atomic E-state index is 5.98. The second-order valence-corrected chi connectivity index (χ2v) is 5.63. The fourth-order valence-corrected chi connectivity index (χ4v) is 3.05. The smallest absolute Gasteiger partial charge is 0.0293 e. The third-order valence-corrected chi connectivity index (χ3v) is 4.36. The van der Waals surface area contributed by atoms with E-state index in [9.17, 15) is 0 Å². The van der Waals surface area contributed by atoms with Crippen LogP contribution >= 0.6 is 0 Å². The molecule has 1 fully saturated rings. The summed E-state index contributed by atoms with van der Waals surface area (Å²) in [4.78, 5) is 0. The predicted octanol–water partition coefficient (Wildman–Crippen LogP) is 3.81. The highest BCUT2D eigenvalue weighted by atomic mass is 14.7. The van der Waals surface area contributed by atoms with Crippen LogP contribution in [0.1, 0.15) is 51.9 Å². The van der Waals surface area contributed by atoms with Crippen molar-refractivity contribution in [3.63, 3.8) is 0 Å². The number of hydrogen-bond acceptors (Lipinski definition) is 1. The molecule has 0 spiro atoms. The summed E-state index contributed by atoms with van der Waals surface area (Å²) in [5, 5.41) is 0. The molecule has 0 amide bonds. The van der Waals surface area contributed by atoms with Crippen LogP contribution in [0.5, 0.6) is 0 Å². The summed E-state index contributed by atoms with van der Waals surface area (Å²) in [6.45, 7) is 6.02. The highest BCUT2D eigenvalue weighted by Gasteiger charge is 2.36. The minimum atomic E-state index is 0.401. The first kappa shape index (κ1) is 11.9. The van der Waals surface area contributed by atoms with Gasteiger partial charge < -0.3 is 5.73 Å². The van der Waals surface area contributed by atoms with Crippen molar-refractivity contribution in [1.29, 1.82) is 0 Å². The lowest BCUT2D eigenvalue weighted by atomic mass is 9.81. The van der Waals surface area contributed by atoms with Gasteiger partial charge in [-0.25, -0.2) is 0 Å². The first-order chi connectivity index (χ1) is 7.72. The van der Waals surface area contributed by atoms with E-state index in [2.05, 4.69) is 13.5 Å². The summed E-state index contributed by atoms with van der Waals surface area (Å²) in [6, 6.07) is 0.401. The third kappa shape index (κ3) is 2.76. The Bertz CT molecular complexity index is 290. The summed E-state index contributed by atoms with van der Waals surface area (Å²) in [5.41, 5.74) is 9.12. The van der Waals surface area contributed by atoms with Crippen molar-refractivity contribution >= 4 is 0 Å². The zero-order valence-electron chi connectivity index (χ0n) is 10.5. The molecule has 0 aliphatic heterocycles. The zero-order chi connectivity index (χ0) is 11.5. The number of rotatable bonds is 7. The van der Waals surface area contributed by atoms with Gasteiger partial charge in [-0.3, -0.25) is 0 Å². The van der Waals surface area contributed by atoms with E-state index in [0.29, 0.717) is 6.04 Å². The zero-order valence-corrected chi connectivity index (χ0v) is 10.5. The molecule has 0 saturated heterocycles. The van der Waals surface area contributed by atoms with Gasteiger partial charge in [-0.2, -0.15) is 0 Å². The van der Waals surface area contributed by atoms with E-state index < -0.39 is 0 Å².